The second kappa shape index (κ2) is 12.8. The standard InChI is InChI=1S/C35H28F4N2O2/c36-21-26-15-25(11-13-31(26)38)34(43)41-35(20-23-7-3-1-4-8-23,28-16-29(37)19-30(42)17-28)27-12-14-32(39)33(18-27)40-22-24-9-5-2-6-10-24/h1-19,40,42H,20-22H2,(H,41,43)/t35-/m1/s1. The maximum atomic E-state index is 15.1. The van der Waals surface area contributed by atoms with Gasteiger partial charge in [0, 0.05) is 30.2 Å². The molecule has 0 unspecified atom stereocenters. The number of halogens is 4. The van der Waals surface area contributed by atoms with E-state index in [1.54, 1.807) is 12.1 Å². The van der Waals surface area contributed by atoms with Crippen molar-refractivity contribution >= 4 is 11.6 Å². The van der Waals surface area contributed by atoms with E-state index in [2.05, 4.69) is 10.6 Å². The molecule has 0 spiro atoms. The first-order valence-corrected chi connectivity index (χ1v) is 13.6. The minimum Gasteiger partial charge on any atom is -0.508 e. The van der Waals surface area contributed by atoms with Crippen LogP contribution in [-0.2, 0) is 25.2 Å². The minimum absolute atomic E-state index is 0.0309. The molecule has 0 aliphatic rings. The molecule has 0 aliphatic heterocycles. The average molecular weight is 585 g/mol. The van der Waals surface area contributed by atoms with Gasteiger partial charge in [0.25, 0.3) is 5.91 Å². The lowest BCUT2D eigenvalue weighted by molar-refractivity contribution is 0.0912. The Kier molecular flexibility index (Phi) is 8.76. The summed E-state index contributed by atoms with van der Waals surface area (Å²) in [6.45, 7) is -0.810. The van der Waals surface area contributed by atoms with Gasteiger partial charge in [0.2, 0.25) is 0 Å². The number of benzene rings is 5. The van der Waals surface area contributed by atoms with Crippen molar-refractivity contribution in [2.24, 2.45) is 0 Å². The highest BCUT2D eigenvalue weighted by atomic mass is 19.1. The van der Waals surface area contributed by atoms with E-state index in [9.17, 15) is 23.1 Å². The van der Waals surface area contributed by atoms with Crippen LogP contribution in [0.3, 0.4) is 0 Å². The highest BCUT2D eigenvalue weighted by molar-refractivity contribution is 5.95. The van der Waals surface area contributed by atoms with Crippen LogP contribution in [0.4, 0.5) is 23.2 Å². The molecule has 0 aliphatic carbocycles. The summed E-state index contributed by atoms with van der Waals surface area (Å²) in [7, 11) is 0. The fraction of sp³-hybridized carbons (Fsp3) is 0.114. The Bertz CT molecular complexity index is 1710. The van der Waals surface area contributed by atoms with Crippen LogP contribution >= 0.6 is 0 Å². The van der Waals surface area contributed by atoms with Crippen LogP contribution in [0, 0.1) is 17.5 Å². The highest BCUT2D eigenvalue weighted by Gasteiger charge is 2.38. The molecule has 0 saturated carbocycles. The van der Waals surface area contributed by atoms with E-state index in [0.29, 0.717) is 12.1 Å². The number of carbonyl (C=O) groups excluding carboxylic acids is 1. The van der Waals surface area contributed by atoms with Gasteiger partial charge in [0.1, 0.15) is 29.9 Å². The van der Waals surface area contributed by atoms with Gasteiger partial charge in [-0.15, -0.1) is 0 Å². The van der Waals surface area contributed by atoms with E-state index < -0.39 is 35.6 Å². The number of rotatable bonds is 10. The van der Waals surface area contributed by atoms with Gasteiger partial charge in [-0.3, -0.25) is 4.79 Å². The number of nitrogens with one attached hydrogen (secondary N) is 2. The van der Waals surface area contributed by atoms with Crippen molar-refractivity contribution in [2.75, 3.05) is 5.32 Å². The molecular weight excluding hydrogens is 556 g/mol. The van der Waals surface area contributed by atoms with Crippen LogP contribution in [0.15, 0.2) is 115 Å². The molecule has 0 heterocycles. The monoisotopic (exact) mass is 584 g/mol. The van der Waals surface area contributed by atoms with Crippen molar-refractivity contribution in [2.45, 2.75) is 25.2 Å². The van der Waals surface area contributed by atoms with Gasteiger partial charge >= 0.3 is 0 Å². The smallest absolute Gasteiger partial charge is 0.252 e. The number of phenolic OH excluding ortho intramolecular Hbond substituents is 1. The van der Waals surface area contributed by atoms with Crippen LogP contribution in [-0.4, -0.2) is 11.0 Å². The second-order valence-corrected chi connectivity index (χ2v) is 10.2. The number of hydrogen-bond donors (Lipinski definition) is 3. The summed E-state index contributed by atoms with van der Waals surface area (Å²) in [5, 5.41) is 16.5. The van der Waals surface area contributed by atoms with Crippen LogP contribution < -0.4 is 10.6 Å². The van der Waals surface area contributed by atoms with E-state index in [-0.39, 0.29) is 34.5 Å². The molecule has 8 heteroatoms. The number of anilines is 1. The van der Waals surface area contributed by atoms with E-state index in [1.807, 2.05) is 48.5 Å². The lowest BCUT2D eigenvalue weighted by Crippen LogP contribution is -2.48. The van der Waals surface area contributed by atoms with E-state index >= 15 is 4.39 Å². The molecule has 5 aromatic carbocycles. The van der Waals surface area contributed by atoms with Crippen LogP contribution in [0.25, 0.3) is 0 Å². The Hall–Kier alpha value is -5.11. The first-order valence-electron chi connectivity index (χ1n) is 13.6. The molecule has 5 aromatic rings. The fourth-order valence-corrected chi connectivity index (χ4v) is 5.09. The average Bonchev–Trinajstić information content (AvgIpc) is 3.01. The van der Waals surface area contributed by atoms with Gasteiger partial charge in [0.15, 0.2) is 0 Å². The number of hydrogen-bond acceptors (Lipinski definition) is 3. The van der Waals surface area contributed by atoms with Gasteiger partial charge in [-0.1, -0.05) is 66.7 Å². The summed E-state index contributed by atoms with van der Waals surface area (Å²) < 4.78 is 57.5. The van der Waals surface area contributed by atoms with Crippen molar-refractivity contribution in [3.05, 3.63) is 166 Å². The predicted molar refractivity (Wildman–Crippen MR) is 158 cm³/mol. The first kappa shape index (κ1) is 29.4. The molecule has 43 heavy (non-hydrogen) atoms. The number of alkyl halides is 1. The predicted octanol–water partition coefficient (Wildman–Crippen LogP) is 7.81. The van der Waals surface area contributed by atoms with Gasteiger partial charge in [-0.05, 0) is 64.7 Å². The molecule has 0 bridgehead atoms. The summed E-state index contributed by atoms with van der Waals surface area (Å²) in [6, 6.07) is 29.5. The molecule has 0 aromatic heterocycles. The normalized spacial score (nSPS) is 12.4. The van der Waals surface area contributed by atoms with Gasteiger partial charge in [0.05, 0.1) is 11.2 Å². The highest BCUT2D eigenvalue weighted by Crippen LogP contribution is 2.38. The molecule has 0 fully saturated rings. The summed E-state index contributed by atoms with van der Waals surface area (Å²) in [6.07, 6.45) is 0.0589. The molecule has 5 rings (SSSR count). The molecule has 0 radical (unpaired) electrons. The number of carbonyl (C=O) groups is 1. The van der Waals surface area contributed by atoms with Crippen molar-refractivity contribution in [1.29, 1.82) is 0 Å². The van der Waals surface area contributed by atoms with Crippen molar-refractivity contribution in [1.82, 2.24) is 5.32 Å². The molecule has 1 amide bonds. The number of aromatic hydroxyl groups is 1. The number of phenols is 1. The SMILES string of the molecule is O=C(N[C@@](Cc1ccccc1)(c1cc(O)cc(F)c1)c1ccc(F)c(NCc2ccccc2)c1)c1ccc(F)c(CF)c1. The maximum absolute atomic E-state index is 15.1. The molecule has 0 saturated heterocycles. The third-order valence-corrected chi connectivity index (χ3v) is 7.25. The Balaban J connectivity index is 1.68. The zero-order valence-electron chi connectivity index (χ0n) is 23.0. The second-order valence-electron chi connectivity index (χ2n) is 10.2. The summed E-state index contributed by atoms with van der Waals surface area (Å²) in [5.74, 6) is -3.19. The zero-order chi connectivity index (χ0) is 30.4. The molecule has 218 valence electrons. The van der Waals surface area contributed by atoms with Gasteiger partial charge in [-0.25, -0.2) is 17.6 Å². The fourth-order valence-electron chi connectivity index (χ4n) is 5.09. The topological polar surface area (TPSA) is 61.4 Å². The summed E-state index contributed by atoms with van der Waals surface area (Å²) in [5.41, 5.74) is 0.435. The summed E-state index contributed by atoms with van der Waals surface area (Å²) >= 11 is 0. The van der Waals surface area contributed by atoms with E-state index in [1.165, 1.54) is 36.4 Å². The van der Waals surface area contributed by atoms with Crippen molar-refractivity contribution < 1.29 is 27.5 Å². The lowest BCUT2D eigenvalue weighted by atomic mass is 9.77. The van der Waals surface area contributed by atoms with Gasteiger partial charge in [-0.2, -0.15) is 0 Å². The molecular formula is C35H28F4N2O2. The van der Waals surface area contributed by atoms with Gasteiger partial charge < -0.3 is 15.7 Å². The van der Waals surface area contributed by atoms with Crippen LogP contribution in [0.1, 0.15) is 38.2 Å². The molecule has 1 atom stereocenters. The van der Waals surface area contributed by atoms with Crippen LogP contribution in [0.2, 0.25) is 0 Å². The van der Waals surface area contributed by atoms with E-state index in [0.717, 1.165) is 29.3 Å². The largest absolute Gasteiger partial charge is 0.508 e. The maximum Gasteiger partial charge on any atom is 0.252 e. The van der Waals surface area contributed by atoms with Crippen molar-refractivity contribution in [3.63, 3.8) is 0 Å². The Labute approximate surface area is 246 Å². The van der Waals surface area contributed by atoms with E-state index in [4.69, 9.17) is 0 Å². The molecule has 3 N–H and O–H groups in total. The third kappa shape index (κ3) is 6.70. The first-order chi connectivity index (χ1) is 20.8. The summed E-state index contributed by atoms with van der Waals surface area (Å²) in [4.78, 5) is 13.8. The lowest BCUT2D eigenvalue weighted by Gasteiger charge is -2.37. The van der Waals surface area contributed by atoms with Crippen molar-refractivity contribution in [3.8, 4) is 5.75 Å². The number of amides is 1. The molecule has 4 nitrogen and oxygen atoms in total. The Morgan fingerprint density at radius 3 is 2.07 bits per heavy atom. The third-order valence-electron chi connectivity index (χ3n) is 7.25. The zero-order valence-corrected chi connectivity index (χ0v) is 23.0. The van der Waals surface area contributed by atoms with Crippen LogP contribution in [0.5, 0.6) is 5.75 Å². The Morgan fingerprint density at radius 2 is 1.40 bits per heavy atom. The Morgan fingerprint density at radius 1 is 0.721 bits per heavy atom. The minimum atomic E-state index is -1.57. The quantitative estimate of drug-likeness (QED) is 0.147.